The summed E-state index contributed by atoms with van der Waals surface area (Å²) in [6.07, 6.45) is 1.37. The summed E-state index contributed by atoms with van der Waals surface area (Å²) in [5, 5.41) is 8.98. The van der Waals surface area contributed by atoms with Gasteiger partial charge >= 0.3 is 6.03 Å². The molecule has 7 nitrogen and oxygen atoms in total. The molecule has 0 spiro atoms. The van der Waals surface area contributed by atoms with E-state index in [4.69, 9.17) is 5.26 Å². The molecule has 1 aliphatic rings. The zero-order chi connectivity index (χ0) is 18.0. The Morgan fingerprint density at radius 1 is 1.33 bits per heavy atom. The van der Waals surface area contributed by atoms with E-state index in [1.54, 1.807) is 6.92 Å². The molecule has 2 rings (SSSR count). The van der Waals surface area contributed by atoms with Gasteiger partial charge in [-0.25, -0.2) is 9.69 Å². The second-order valence-corrected chi connectivity index (χ2v) is 5.35. The number of nitriles is 1. The first-order valence-corrected chi connectivity index (χ1v) is 7.17. The van der Waals surface area contributed by atoms with Gasteiger partial charge in [-0.1, -0.05) is 12.1 Å². The summed E-state index contributed by atoms with van der Waals surface area (Å²) in [6, 6.07) is 6.18. The molecule has 0 bridgehead atoms. The van der Waals surface area contributed by atoms with Gasteiger partial charge in [-0.3, -0.25) is 19.3 Å². The van der Waals surface area contributed by atoms with Crippen LogP contribution in [0, 0.1) is 17.2 Å². The first kappa shape index (κ1) is 17.1. The monoisotopic (exact) mass is 325 g/mol. The van der Waals surface area contributed by atoms with Crippen molar-refractivity contribution in [2.24, 2.45) is 5.92 Å². The quantitative estimate of drug-likeness (QED) is 0.619. The lowest BCUT2D eigenvalue weighted by Crippen LogP contribution is -2.63. The van der Waals surface area contributed by atoms with Gasteiger partial charge in [0.2, 0.25) is 0 Å². The van der Waals surface area contributed by atoms with Gasteiger partial charge in [-0.15, -0.1) is 6.58 Å². The Bertz CT molecular complexity index is 793. The molecule has 0 N–H and O–H groups in total. The molecule has 24 heavy (non-hydrogen) atoms. The highest BCUT2D eigenvalue weighted by atomic mass is 16.2. The molecular formula is C17H15N3O4. The van der Waals surface area contributed by atoms with Crippen LogP contribution in [0.3, 0.4) is 0 Å². The molecule has 1 aliphatic heterocycles. The highest BCUT2D eigenvalue weighted by molar-refractivity contribution is 6.34. The lowest BCUT2D eigenvalue weighted by Gasteiger charge is -2.38. The van der Waals surface area contributed by atoms with Crippen molar-refractivity contribution < 1.29 is 19.2 Å². The number of Topliss-reactive ketones (excluding diaryl/α,β-unsaturated/α-hetero) is 1. The molecular weight excluding hydrogens is 310 g/mol. The molecule has 1 aromatic rings. The molecule has 0 radical (unpaired) electrons. The maximum absolute atomic E-state index is 12.7. The van der Waals surface area contributed by atoms with Crippen molar-refractivity contribution in [3.8, 4) is 6.07 Å². The van der Waals surface area contributed by atoms with Gasteiger partial charge in [0, 0.05) is 0 Å². The summed E-state index contributed by atoms with van der Waals surface area (Å²) in [5.41, 5.74) is 0.372. The topological polar surface area (TPSA) is 98.6 Å². The first-order valence-electron chi connectivity index (χ1n) is 7.17. The lowest BCUT2D eigenvalue weighted by molar-refractivity contribution is -0.146. The summed E-state index contributed by atoms with van der Waals surface area (Å²) in [4.78, 5) is 51.1. The smallest absolute Gasteiger partial charge is 0.299 e. The number of hydrogen-bond acceptors (Lipinski definition) is 5. The minimum absolute atomic E-state index is 0.129. The van der Waals surface area contributed by atoms with E-state index < -0.39 is 35.6 Å². The minimum atomic E-state index is -1.59. The van der Waals surface area contributed by atoms with Crippen LogP contribution in [0.1, 0.15) is 19.4 Å². The minimum Gasteiger partial charge on any atom is -0.299 e. The Labute approximate surface area is 138 Å². The van der Waals surface area contributed by atoms with E-state index in [9.17, 15) is 19.2 Å². The van der Waals surface area contributed by atoms with Crippen LogP contribution in [0.5, 0.6) is 0 Å². The molecule has 1 fully saturated rings. The second-order valence-electron chi connectivity index (χ2n) is 5.35. The summed E-state index contributed by atoms with van der Waals surface area (Å²) >= 11 is 0. The number of nitrogens with zero attached hydrogens (tertiary/aromatic N) is 3. The number of rotatable bonds is 4. The van der Waals surface area contributed by atoms with Gasteiger partial charge in [0.25, 0.3) is 11.8 Å². The van der Waals surface area contributed by atoms with Crippen LogP contribution in [0.2, 0.25) is 0 Å². The molecule has 1 heterocycles. The number of anilines is 1. The van der Waals surface area contributed by atoms with Crippen LogP contribution in [0.15, 0.2) is 36.9 Å². The second kappa shape index (κ2) is 6.46. The van der Waals surface area contributed by atoms with Crippen LogP contribution in [0.25, 0.3) is 0 Å². The largest absolute Gasteiger partial charge is 0.338 e. The molecule has 4 amide bonds. The van der Waals surface area contributed by atoms with E-state index in [2.05, 4.69) is 6.58 Å². The van der Waals surface area contributed by atoms with E-state index in [-0.39, 0.29) is 11.3 Å². The van der Waals surface area contributed by atoms with Gasteiger partial charge < -0.3 is 0 Å². The molecule has 2 unspecified atom stereocenters. The zero-order valence-corrected chi connectivity index (χ0v) is 13.2. The van der Waals surface area contributed by atoms with Gasteiger partial charge in [0.1, 0.15) is 0 Å². The van der Waals surface area contributed by atoms with E-state index in [1.807, 2.05) is 6.07 Å². The van der Waals surface area contributed by atoms with Crippen LogP contribution in [-0.4, -0.2) is 34.6 Å². The highest BCUT2D eigenvalue weighted by Crippen LogP contribution is 2.27. The van der Waals surface area contributed by atoms with Gasteiger partial charge in [-0.05, 0) is 32.0 Å². The maximum Gasteiger partial charge on any atom is 0.338 e. The van der Waals surface area contributed by atoms with Crippen molar-refractivity contribution in [1.29, 1.82) is 5.26 Å². The van der Waals surface area contributed by atoms with Gasteiger partial charge in [0.15, 0.2) is 11.7 Å². The molecule has 1 aromatic carbocycles. The predicted molar refractivity (Wildman–Crippen MR) is 84.7 cm³/mol. The molecule has 2 atom stereocenters. The highest BCUT2D eigenvalue weighted by Gasteiger charge is 2.49. The van der Waals surface area contributed by atoms with Crippen molar-refractivity contribution in [3.63, 3.8) is 0 Å². The SMILES string of the molecule is C=CC(C)N1C(=O)C(C(C)=O)C(=O)N(c2cccc(C#N)c2)C1=O. The number of barbiturate groups is 1. The van der Waals surface area contributed by atoms with Crippen LogP contribution >= 0.6 is 0 Å². The third kappa shape index (κ3) is 2.70. The number of hydrogen-bond donors (Lipinski definition) is 0. The fourth-order valence-corrected chi connectivity index (χ4v) is 2.45. The van der Waals surface area contributed by atoms with Gasteiger partial charge in [-0.2, -0.15) is 5.26 Å². The normalized spacial score (nSPS) is 19.0. The molecule has 0 saturated carbocycles. The van der Waals surface area contributed by atoms with E-state index in [1.165, 1.54) is 30.3 Å². The lowest BCUT2D eigenvalue weighted by atomic mass is 9.97. The number of imide groups is 2. The van der Waals surface area contributed by atoms with Crippen molar-refractivity contribution in [2.45, 2.75) is 19.9 Å². The fraction of sp³-hybridized carbons (Fsp3) is 0.235. The number of carbonyl (C=O) groups is 4. The standard InChI is InChI=1S/C17H15N3O4/c1-4-10(2)19-15(22)14(11(3)21)16(23)20(17(19)24)13-7-5-6-12(8-13)9-18/h4-8,10,14H,1H2,2-3H3. The fourth-order valence-electron chi connectivity index (χ4n) is 2.45. The molecule has 7 heteroatoms. The van der Waals surface area contributed by atoms with Crippen LogP contribution in [-0.2, 0) is 14.4 Å². The number of amides is 4. The summed E-state index contributed by atoms with van der Waals surface area (Å²) in [5.74, 6) is -4.02. The molecule has 0 aromatic heterocycles. The van der Waals surface area contributed by atoms with Crippen molar-refractivity contribution in [2.75, 3.05) is 4.90 Å². The zero-order valence-electron chi connectivity index (χ0n) is 13.2. The average Bonchev–Trinajstić information content (AvgIpc) is 2.54. The van der Waals surface area contributed by atoms with E-state index >= 15 is 0 Å². The van der Waals surface area contributed by atoms with Crippen molar-refractivity contribution >= 4 is 29.3 Å². The average molecular weight is 325 g/mol. The third-order valence-corrected chi connectivity index (χ3v) is 3.74. The Kier molecular flexibility index (Phi) is 4.60. The predicted octanol–water partition coefficient (Wildman–Crippen LogP) is 1.63. The summed E-state index contributed by atoms with van der Waals surface area (Å²) < 4.78 is 0. The maximum atomic E-state index is 12.7. The Hall–Kier alpha value is -3.27. The molecule has 1 saturated heterocycles. The number of carbonyl (C=O) groups excluding carboxylic acids is 4. The Morgan fingerprint density at radius 3 is 2.54 bits per heavy atom. The van der Waals surface area contributed by atoms with Crippen molar-refractivity contribution in [1.82, 2.24) is 4.90 Å². The van der Waals surface area contributed by atoms with E-state index in [0.717, 1.165) is 16.7 Å². The molecule has 122 valence electrons. The summed E-state index contributed by atoms with van der Waals surface area (Å²) in [6.45, 7) is 6.22. The van der Waals surface area contributed by atoms with E-state index in [0.29, 0.717) is 0 Å². The first-order chi connectivity index (χ1) is 11.3. The summed E-state index contributed by atoms with van der Waals surface area (Å²) in [7, 11) is 0. The van der Waals surface area contributed by atoms with Crippen LogP contribution in [0.4, 0.5) is 10.5 Å². The number of urea groups is 1. The Morgan fingerprint density at radius 2 is 2.00 bits per heavy atom. The van der Waals surface area contributed by atoms with Crippen LogP contribution < -0.4 is 4.90 Å². The Balaban J connectivity index is 2.60. The van der Waals surface area contributed by atoms with Crippen molar-refractivity contribution in [3.05, 3.63) is 42.5 Å². The van der Waals surface area contributed by atoms with Gasteiger partial charge in [0.05, 0.1) is 23.4 Å². The number of benzene rings is 1. The number of ketones is 1. The third-order valence-electron chi connectivity index (χ3n) is 3.74. The molecule has 0 aliphatic carbocycles.